The first-order chi connectivity index (χ1) is 11.1. The van der Waals surface area contributed by atoms with E-state index in [-0.39, 0.29) is 11.1 Å². The van der Waals surface area contributed by atoms with Crippen LogP contribution in [0.2, 0.25) is 0 Å². The third-order valence-corrected chi connectivity index (χ3v) is 5.11. The highest BCUT2D eigenvalue weighted by Crippen LogP contribution is 2.37. The van der Waals surface area contributed by atoms with E-state index in [1.54, 1.807) is 6.07 Å². The largest absolute Gasteiger partial charge is 0.545 e. The molecule has 2 aromatic rings. The van der Waals surface area contributed by atoms with Crippen LogP contribution in [0.5, 0.6) is 0 Å². The van der Waals surface area contributed by atoms with Crippen molar-refractivity contribution in [1.82, 2.24) is 0 Å². The number of nitrogens with one attached hydrogen (secondary N) is 1. The molecule has 5 nitrogen and oxygen atoms in total. The fourth-order valence-electron chi connectivity index (χ4n) is 2.80. The fourth-order valence-corrected chi connectivity index (χ4v) is 4.04. The predicted molar refractivity (Wildman–Crippen MR) is 84.4 cm³/mol. The molecule has 0 bridgehead atoms. The number of anilines is 1. The van der Waals surface area contributed by atoms with E-state index in [2.05, 4.69) is 11.4 Å². The number of carboxylic acids is 1. The molecular weight excluding hydrogens is 312 g/mol. The van der Waals surface area contributed by atoms with E-state index in [0.29, 0.717) is 10.6 Å². The Kier molecular flexibility index (Phi) is 4.13. The Morgan fingerprint density at radius 3 is 2.57 bits per heavy atom. The molecule has 1 aliphatic carbocycles. The van der Waals surface area contributed by atoms with Gasteiger partial charge in [-0.25, -0.2) is 0 Å². The maximum absolute atomic E-state index is 12.4. The molecule has 1 amide bonds. The Bertz CT molecular complexity index is 833. The van der Waals surface area contributed by atoms with Crippen molar-refractivity contribution in [2.45, 2.75) is 25.7 Å². The molecule has 1 aliphatic rings. The number of benzene rings is 1. The zero-order chi connectivity index (χ0) is 16.4. The molecule has 1 aromatic heterocycles. The molecule has 6 heteroatoms. The number of amides is 1. The molecule has 3 rings (SSSR count). The predicted octanol–water partition coefficient (Wildman–Crippen LogP) is 2.11. The Labute approximate surface area is 137 Å². The second-order valence-corrected chi connectivity index (χ2v) is 6.42. The number of aromatic carboxylic acids is 1. The quantitative estimate of drug-likeness (QED) is 0.935. The number of aryl methyl sites for hydroxylation is 1. The minimum atomic E-state index is -1.40. The third kappa shape index (κ3) is 2.83. The van der Waals surface area contributed by atoms with Crippen LogP contribution in [0.15, 0.2) is 24.3 Å². The SMILES string of the molecule is N#Cc1c(NC(=O)c2ccccc2C(=O)[O-])sc2c1CCCC2. The molecule has 0 saturated heterocycles. The van der Waals surface area contributed by atoms with Gasteiger partial charge in [-0.05, 0) is 37.3 Å². The summed E-state index contributed by atoms with van der Waals surface area (Å²) in [7, 11) is 0. The Balaban J connectivity index is 1.94. The lowest BCUT2D eigenvalue weighted by Crippen LogP contribution is -2.26. The van der Waals surface area contributed by atoms with Gasteiger partial charge in [0, 0.05) is 16.0 Å². The number of hydrogen-bond donors (Lipinski definition) is 1. The van der Waals surface area contributed by atoms with Gasteiger partial charge in [0.05, 0.1) is 11.5 Å². The molecule has 0 unspecified atom stereocenters. The van der Waals surface area contributed by atoms with Gasteiger partial charge in [0.2, 0.25) is 0 Å². The summed E-state index contributed by atoms with van der Waals surface area (Å²) < 4.78 is 0. The van der Waals surface area contributed by atoms with Crippen molar-refractivity contribution in [1.29, 1.82) is 5.26 Å². The molecule has 0 spiro atoms. The number of fused-ring (bicyclic) bond motifs is 1. The van der Waals surface area contributed by atoms with Crippen LogP contribution in [0, 0.1) is 11.3 Å². The summed E-state index contributed by atoms with van der Waals surface area (Å²) in [5.74, 6) is -1.94. The van der Waals surface area contributed by atoms with E-state index in [1.807, 2.05) is 0 Å². The Morgan fingerprint density at radius 2 is 1.87 bits per heavy atom. The van der Waals surface area contributed by atoms with Gasteiger partial charge in [-0.15, -0.1) is 11.3 Å². The molecule has 23 heavy (non-hydrogen) atoms. The van der Waals surface area contributed by atoms with E-state index >= 15 is 0 Å². The highest BCUT2D eigenvalue weighted by Gasteiger charge is 2.22. The van der Waals surface area contributed by atoms with Gasteiger partial charge in [0.25, 0.3) is 5.91 Å². The summed E-state index contributed by atoms with van der Waals surface area (Å²) >= 11 is 1.41. The lowest BCUT2D eigenvalue weighted by molar-refractivity contribution is -0.255. The first-order valence-corrected chi connectivity index (χ1v) is 8.10. The number of hydrogen-bond acceptors (Lipinski definition) is 5. The van der Waals surface area contributed by atoms with Gasteiger partial charge >= 0.3 is 0 Å². The molecule has 1 N–H and O–H groups in total. The minimum Gasteiger partial charge on any atom is -0.545 e. The van der Waals surface area contributed by atoms with Crippen molar-refractivity contribution in [3.8, 4) is 6.07 Å². The molecule has 0 radical (unpaired) electrons. The normalized spacial score (nSPS) is 13.0. The van der Waals surface area contributed by atoms with E-state index in [0.717, 1.165) is 36.1 Å². The van der Waals surface area contributed by atoms with Crippen LogP contribution in [-0.2, 0) is 12.8 Å². The molecule has 0 fully saturated rings. The number of carbonyl (C=O) groups is 2. The van der Waals surface area contributed by atoms with Crippen molar-refractivity contribution in [2.75, 3.05) is 5.32 Å². The third-order valence-electron chi connectivity index (χ3n) is 3.90. The van der Waals surface area contributed by atoms with Crippen LogP contribution >= 0.6 is 11.3 Å². The van der Waals surface area contributed by atoms with Crippen LogP contribution in [0.3, 0.4) is 0 Å². The topological polar surface area (TPSA) is 93.0 Å². The summed E-state index contributed by atoms with van der Waals surface area (Å²) in [6.45, 7) is 0. The van der Waals surface area contributed by atoms with Crippen molar-refractivity contribution in [3.63, 3.8) is 0 Å². The number of carbonyl (C=O) groups excluding carboxylic acids is 2. The van der Waals surface area contributed by atoms with Crippen LogP contribution in [0.4, 0.5) is 5.00 Å². The van der Waals surface area contributed by atoms with Crippen LogP contribution in [-0.4, -0.2) is 11.9 Å². The van der Waals surface area contributed by atoms with E-state index < -0.39 is 11.9 Å². The molecule has 0 aliphatic heterocycles. The van der Waals surface area contributed by atoms with E-state index in [4.69, 9.17) is 0 Å². The van der Waals surface area contributed by atoms with Crippen LogP contribution in [0.1, 0.15) is 49.6 Å². The van der Waals surface area contributed by atoms with Crippen molar-refractivity contribution in [2.24, 2.45) is 0 Å². The molecule has 1 heterocycles. The maximum Gasteiger partial charge on any atom is 0.256 e. The van der Waals surface area contributed by atoms with E-state index in [9.17, 15) is 20.0 Å². The van der Waals surface area contributed by atoms with Crippen molar-refractivity contribution < 1.29 is 14.7 Å². The summed E-state index contributed by atoms with van der Waals surface area (Å²) in [5.41, 5.74) is 1.39. The number of nitriles is 1. The highest BCUT2D eigenvalue weighted by atomic mass is 32.1. The standard InChI is InChI=1S/C17H14N2O3S/c18-9-13-10-5-3-4-8-14(10)23-16(13)19-15(20)11-6-1-2-7-12(11)17(21)22/h1-2,6-7H,3-5,8H2,(H,19,20)(H,21,22)/p-1. The fraction of sp³-hybridized carbons (Fsp3) is 0.235. The Hall–Kier alpha value is -2.65. The van der Waals surface area contributed by atoms with Gasteiger partial charge in [-0.3, -0.25) is 4.79 Å². The number of nitrogens with zero attached hydrogens (tertiary/aromatic N) is 1. The maximum atomic E-state index is 12.4. The second-order valence-electron chi connectivity index (χ2n) is 5.31. The summed E-state index contributed by atoms with van der Waals surface area (Å²) in [6, 6.07) is 8.05. The first-order valence-electron chi connectivity index (χ1n) is 7.28. The smallest absolute Gasteiger partial charge is 0.256 e. The number of carboxylic acid groups (broad SMARTS) is 1. The van der Waals surface area contributed by atoms with E-state index in [1.165, 1.54) is 29.5 Å². The molecule has 0 saturated carbocycles. The van der Waals surface area contributed by atoms with Gasteiger partial charge in [-0.2, -0.15) is 5.26 Å². The molecule has 116 valence electrons. The zero-order valence-corrected chi connectivity index (χ0v) is 13.0. The van der Waals surface area contributed by atoms with Gasteiger partial charge < -0.3 is 15.2 Å². The second kappa shape index (κ2) is 6.23. The number of rotatable bonds is 3. The average Bonchev–Trinajstić information content (AvgIpc) is 2.91. The Morgan fingerprint density at radius 1 is 1.17 bits per heavy atom. The summed E-state index contributed by atoms with van der Waals surface area (Å²) in [4.78, 5) is 24.7. The lowest BCUT2D eigenvalue weighted by Gasteiger charge is -2.10. The summed E-state index contributed by atoms with van der Waals surface area (Å²) in [6.07, 6.45) is 3.89. The monoisotopic (exact) mass is 325 g/mol. The van der Waals surface area contributed by atoms with Gasteiger partial charge in [-0.1, -0.05) is 18.2 Å². The molecule has 1 aromatic carbocycles. The number of thiophene rings is 1. The van der Waals surface area contributed by atoms with Crippen LogP contribution in [0.25, 0.3) is 0 Å². The molecular formula is C17H13N2O3S-. The van der Waals surface area contributed by atoms with Gasteiger partial charge in [0.15, 0.2) is 0 Å². The molecule has 0 atom stereocenters. The highest BCUT2D eigenvalue weighted by molar-refractivity contribution is 7.16. The van der Waals surface area contributed by atoms with Crippen LogP contribution < -0.4 is 10.4 Å². The average molecular weight is 325 g/mol. The van der Waals surface area contributed by atoms with Gasteiger partial charge in [0.1, 0.15) is 11.1 Å². The van der Waals surface area contributed by atoms with Crippen molar-refractivity contribution in [3.05, 3.63) is 51.4 Å². The first kappa shape index (κ1) is 15.3. The minimum absolute atomic E-state index is 0.0303. The van der Waals surface area contributed by atoms with Crippen molar-refractivity contribution >= 4 is 28.2 Å². The zero-order valence-electron chi connectivity index (χ0n) is 12.2. The summed E-state index contributed by atoms with van der Waals surface area (Å²) in [5, 5.41) is 23.7. The lowest BCUT2D eigenvalue weighted by atomic mass is 9.96.